The van der Waals surface area contributed by atoms with Gasteiger partial charge >= 0.3 is 5.97 Å². The van der Waals surface area contributed by atoms with E-state index in [4.69, 9.17) is 24.4 Å². The van der Waals surface area contributed by atoms with Gasteiger partial charge in [-0.15, -0.1) is 0 Å². The first-order valence-corrected chi connectivity index (χ1v) is 7.44. The molecule has 7 unspecified atom stereocenters. The van der Waals surface area contributed by atoms with E-state index in [9.17, 15) is 35.4 Å². The van der Waals surface area contributed by atoms with Gasteiger partial charge < -0.3 is 55.1 Å². The molecule has 0 amide bonds. The van der Waals surface area contributed by atoms with Crippen molar-refractivity contribution in [2.24, 2.45) is 0 Å². The molecule has 1 aliphatic heterocycles. The molecule has 1 aliphatic rings. The van der Waals surface area contributed by atoms with Gasteiger partial charge in [-0.1, -0.05) is 0 Å². The Morgan fingerprint density at radius 1 is 1.12 bits per heavy atom. The van der Waals surface area contributed by atoms with Gasteiger partial charge in [-0.25, -0.2) is 4.79 Å². The first kappa shape index (κ1) is 22.1. The maximum atomic E-state index is 10.9. The third kappa shape index (κ3) is 5.79. The second kappa shape index (κ2) is 9.68. The molecule has 0 aliphatic carbocycles. The molecule has 0 aromatic rings. The van der Waals surface area contributed by atoms with E-state index in [1.165, 1.54) is 6.92 Å². The number of carboxylic acid groups (broad SMARTS) is 1. The Morgan fingerprint density at radius 3 is 2.20 bits per heavy atom. The summed E-state index contributed by atoms with van der Waals surface area (Å²) in [5.41, 5.74) is 0. The summed E-state index contributed by atoms with van der Waals surface area (Å²) in [5, 5.41) is 75.3. The summed E-state index contributed by atoms with van der Waals surface area (Å²) in [6.45, 7) is -0.0470. The Hall–Kier alpha value is -0.930. The molecular weight excluding hydrogens is 348 g/mol. The minimum Gasteiger partial charge on any atom is -0.479 e. The van der Waals surface area contributed by atoms with Crippen molar-refractivity contribution in [1.82, 2.24) is 0 Å². The van der Waals surface area contributed by atoms with Crippen LogP contribution >= 0.6 is 0 Å². The highest BCUT2D eigenvalue weighted by atomic mass is 16.7. The van der Waals surface area contributed by atoms with Crippen LogP contribution in [0.3, 0.4) is 0 Å². The molecule has 0 saturated carbocycles. The number of carboxylic acids is 1. The number of ether oxygens (including phenoxy) is 3. The molecule has 0 aromatic heterocycles. The quantitative estimate of drug-likeness (QED) is 0.180. The Bertz CT molecular complexity index is 418. The van der Waals surface area contributed by atoms with Crippen molar-refractivity contribution in [3.8, 4) is 0 Å². The third-order valence-corrected chi connectivity index (χ3v) is 3.61. The smallest absolute Gasteiger partial charge is 0.335 e. The van der Waals surface area contributed by atoms with E-state index in [1.54, 1.807) is 0 Å². The normalized spacial score (nSPS) is 35.0. The van der Waals surface area contributed by atoms with Crippen LogP contribution < -0.4 is 0 Å². The number of rotatable bonds is 9. The third-order valence-electron chi connectivity index (χ3n) is 3.61. The number of hydrogen-bond acceptors (Lipinski definition) is 11. The zero-order valence-corrected chi connectivity index (χ0v) is 13.3. The summed E-state index contributed by atoms with van der Waals surface area (Å²) in [6, 6.07) is 0. The highest BCUT2D eigenvalue weighted by molar-refractivity contribution is 5.73. The molecule has 1 rings (SSSR count). The van der Waals surface area contributed by atoms with Gasteiger partial charge in [-0.3, -0.25) is 0 Å². The van der Waals surface area contributed by atoms with Gasteiger partial charge in [0, 0.05) is 0 Å². The molecule has 9 atom stereocenters. The molecule has 8 N–H and O–H groups in total. The Labute approximate surface area is 142 Å². The van der Waals surface area contributed by atoms with Gasteiger partial charge in [0.15, 0.2) is 18.7 Å². The van der Waals surface area contributed by atoms with Crippen LogP contribution in [-0.4, -0.2) is 115 Å². The fourth-order valence-electron chi connectivity index (χ4n) is 2.04. The van der Waals surface area contributed by atoms with Crippen molar-refractivity contribution in [3.63, 3.8) is 0 Å². The average molecular weight is 372 g/mol. The molecule has 25 heavy (non-hydrogen) atoms. The number of aliphatic carboxylic acids is 1. The molecule has 1 fully saturated rings. The van der Waals surface area contributed by atoms with Gasteiger partial charge in [-0.2, -0.15) is 0 Å². The van der Waals surface area contributed by atoms with Crippen LogP contribution in [0.25, 0.3) is 0 Å². The summed E-state index contributed by atoms with van der Waals surface area (Å²) in [6.07, 6.45) is -15.0. The second-order valence-electron chi connectivity index (χ2n) is 5.62. The molecule has 1 heterocycles. The van der Waals surface area contributed by atoms with E-state index < -0.39 is 74.5 Å². The highest BCUT2D eigenvalue weighted by Crippen LogP contribution is 2.22. The maximum absolute atomic E-state index is 10.9. The van der Waals surface area contributed by atoms with Crippen LogP contribution in [0.15, 0.2) is 0 Å². The lowest BCUT2D eigenvalue weighted by Gasteiger charge is -2.38. The first-order chi connectivity index (χ1) is 11.6. The van der Waals surface area contributed by atoms with Crippen LogP contribution in [0.4, 0.5) is 0 Å². The van der Waals surface area contributed by atoms with Gasteiger partial charge in [-0.05, 0) is 6.92 Å². The number of carbonyl (C=O) groups is 1. The standard InChI is InChI=1S/C13H24O12/c1-4(15)6(2-14)24-12(22)5(16)3-23-13-9(19)7(17)8(18)10(25-13)11(20)21/h4-10,12-19,22H,2-3H2,1H3,(H,20,21)/t4-,5+,6?,7?,8?,9?,10?,12?,13?/m1/s1. The van der Waals surface area contributed by atoms with Crippen molar-refractivity contribution < 1.29 is 59.9 Å². The van der Waals surface area contributed by atoms with E-state index in [1.807, 2.05) is 0 Å². The summed E-state index contributed by atoms with van der Waals surface area (Å²) in [7, 11) is 0. The van der Waals surface area contributed by atoms with Crippen molar-refractivity contribution in [2.45, 2.75) is 62.2 Å². The Morgan fingerprint density at radius 2 is 1.72 bits per heavy atom. The fourth-order valence-corrected chi connectivity index (χ4v) is 2.04. The molecule has 0 radical (unpaired) electrons. The minimum absolute atomic E-state index is 0.628. The molecule has 0 bridgehead atoms. The summed E-state index contributed by atoms with van der Waals surface area (Å²) in [4.78, 5) is 10.9. The Balaban J connectivity index is 2.58. The van der Waals surface area contributed by atoms with Crippen molar-refractivity contribution in [1.29, 1.82) is 0 Å². The SMILES string of the molecule is C[C@@H](O)C(CO)OC(O)[C@@H](O)COC1OC(C(=O)O)C(O)C(O)C1O. The van der Waals surface area contributed by atoms with E-state index >= 15 is 0 Å². The first-order valence-electron chi connectivity index (χ1n) is 7.44. The summed E-state index contributed by atoms with van der Waals surface area (Å²) >= 11 is 0. The maximum Gasteiger partial charge on any atom is 0.335 e. The lowest BCUT2D eigenvalue weighted by Crippen LogP contribution is -2.60. The van der Waals surface area contributed by atoms with Crippen molar-refractivity contribution in [3.05, 3.63) is 0 Å². The predicted molar refractivity (Wildman–Crippen MR) is 75.9 cm³/mol. The van der Waals surface area contributed by atoms with E-state index in [-0.39, 0.29) is 0 Å². The predicted octanol–water partition coefficient (Wildman–Crippen LogP) is -4.67. The van der Waals surface area contributed by atoms with E-state index in [2.05, 4.69) is 0 Å². The molecule has 12 nitrogen and oxygen atoms in total. The van der Waals surface area contributed by atoms with E-state index in [0.29, 0.717) is 0 Å². The largest absolute Gasteiger partial charge is 0.479 e. The van der Waals surface area contributed by atoms with Crippen LogP contribution in [0.2, 0.25) is 0 Å². The van der Waals surface area contributed by atoms with Crippen LogP contribution in [-0.2, 0) is 19.0 Å². The zero-order valence-electron chi connectivity index (χ0n) is 13.3. The molecule has 1 saturated heterocycles. The molecule has 12 heteroatoms. The molecule has 148 valence electrons. The lowest BCUT2D eigenvalue weighted by atomic mass is 9.99. The highest BCUT2D eigenvalue weighted by Gasteiger charge is 2.47. The molecular formula is C13H24O12. The number of hydrogen-bond donors (Lipinski definition) is 8. The minimum atomic E-state index is -1.89. The van der Waals surface area contributed by atoms with Crippen LogP contribution in [0, 0.1) is 0 Å². The van der Waals surface area contributed by atoms with Crippen LogP contribution in [0.1, 0.15) is 6.92 Å². The van der Waals surface area contributed by atoms with Gasteiger partial charge in [0.25, 0.3) is 0 Å². The number of aliphatic hydroxyl groups excluding tert-OH is 7. The van der Waals surface area contributed by atoms with Gasteiger partial charge in [0.1, 0.15) is 30.5 Å². The van der Waals surface area contributed by atoms with Gasteiger partial charge in [0.05, 0.1) is 19.3 Å². The molecule has 0 spiro atoms. The second-order valence-corrected chi connectivity index (χ2v) is 5.62. The van der Waals surface area contributed by atoms with Crippen molar-refractivity contribution >= 4 is 5.97 Å². The summed E-state index contributed by atoms with van der Waals surface area (Å²) in [5.74, 6) is -1.60. The monoisotopic (exact) mass is 372 g/mol. The van der Waals surface area contributed by atoms with Crippen LogP contribution in [0.5, 0.6) is 0 Å². The lowest BCUT2D eigenvalue weighted by molar-refractivity contribution is -0.304. The van der Waals surface area contributed by atoms with E-state index in [0.717, 1.165) is 0 Å². The fraction of sp³-hybridized carbons (Fsp3) is 0.923. The average Bonchev–Trinajstić information content (AvgIpc) is 2.55. The summed E-state index contributed by atoms with van der Waals surface area (Å²) < 4.78 is 14.6. The van der Waals surface area contributed by atoms with Gasteiger partial charge in [0.2, 0.25) is 0 Å². The molecule has 0 aromatic carbocycles. The topological polar surface area (TPSA) is 207 Å². The van der Waals surface area contributed by atoms with Crippen molar-refractivity contribution in [2.75, 3.05) is 13.2 Å². The Kier molecular flexibility index (Phi) is 8.56. The zero-order chi connectivity index (χ0) is 19.3. The number of aliphatic hydroxyl groups is 7.